The van der Waals surface area contributed by atoms with Gasteiger partial charge in [0, 0.05) is 17.4 Å². The summed E-state index contributed by atoms with van der Waals surface area (Å²) in [6.07, 6.45) is 16.0. The van der Waals surface area contributed by atoms with Gasteiger partial charge in [-0.05, 0) is 72.7 Å². The molecule has 0 spiro atoms. The van der Waals surface area contributed by atoms with Crippen LogP contribution in [0.1, 0.15) is 90.0 Å². The molecule has 0 bridgehead atoms. The van der Waals surface area contributed by atoms with Crippen molar-refractivity contribution in [3.8, 4) is 11.1 Å². The zero-order chi connectivity index (χ0) is 36.8. The van der Waals surface area contributed by atoms with Gasteiger partial charge in [-0.1, -0.05) is 200 Å². The second-order valence-corrected chi connectivity index (χ2v) is 11.2. The summed E-state index contributed by atoms with van der Waals surface area (Å²) < 4.78 is 0. The molecule has 0 aliphatic rings. The van der Waals surface area contributed by atoms with E-state index in [9.17, 15) is 0 Å². The van der Waals surface area contributed by atoms with Crippen LogP contribution in [0, 0.1) is 6.92 Å². The van der Waals surface area contributed by atoms with Crippen LogP contribution >= 0.6 is 0 Å². The SMILES string of the molecule is C=C(/C=C\C=C/C)c1ccc(Nc2ccccc2-c2ccc(CCc3ccccc3)cc2)nc1.CC.CC.CCCCC.Cc1ccccc1. The molecule has 4 aromatic carbocycles. The molecule has 50 heavy (non-hydrogen) atoms. The van der Waals surface area contributed by atoms with Gasteiger partial charge in [-0.25, -0.2) is 4.98 Å². The maximum atomic E-state index is 4.60. The topological polar surface area (TPSA) is 24.9 Å². The maximum Gasteiger partial charge on any atom is 0.130 e. The molecule has 0 atom stereocenters. The lowest BCUT2D eigenvalue weighted by Gasteiger charge is -2.13. The van der Waals surface area contributed by atoms with Crippen LogP contribution in [0.3, 0.4) is 0 Å². The number of hydrogen-bond acceptors (Lipinski definition) is 2. The number of aryl methyl sites for hydroxylation is 3. The van der Waals surface area contributed by atoms with E-state index in [4.69, 9.17) is 0 Å². The summed E-state index contributed by atoms with van der Waals surface area (Å²) in [5.74, 6) is 0.806. The quantitative estimate of drug-likeness (QED) is 0.142. The van der Waals surface area contributed by atoms with Gasteiger partial charge in [0.15, 0.2) is 0 Å². The number of nitrogens with one attached hydrogen (secondary N) is 1. The second-order valence-electron chi connectivity index (χ2n) is 11.2. The van der Waals surface area contributed by atoms with E-state index in [0.717, 1.165) is 41.0 Å². The third kappa shape index (κ3) is 17.4. The number of rotatable bonds is 11. The minimum Gasteiger partial charge on any atom is -0.340 e. The van der Waals surface area contributed by atoms with Crippen molar-refractivity contribution in [2.75, 3.05) is 5.32 Å². The molecule has 1 aromatic heterocycles. The molecule has 1 N–H and O–H groups in total. The Hall–Kier alpha value is -4.95. The van der Waals surface area contributed by atoms with Crippen LogP contribution in [0.15, 0.2) is 158 Å². The van der Waals surface area contributed by atoms with Crippen molar-refractivity contribution in [1.29, 1.82) is 0 Å². The summed E-state index contributed by atoms with van der Waals surface area (Å²) in [7, 11) is 0. The molecule has 0 radical (unpaired) electrons. The van der Waals surface area contributed by atoms with Crippen molar-refractivity contribution in [3.63, 3.8) is 0 Å². The molecule has 0 amide bonds. The highest BCUT2D eigenvalue weighted by Gasteiger charge is 2.07. The zero-order valence-corrected chi connectivity index (χ0v) is 32.1. The molecule has 2 nitrogen and oxygen atoms in total. The molecular formula is C48H62N2. The number of allylic oxidation sites excluding steroid dienone is 5. The number of para-hydroxylation sites is 1. The fraction of sp³-hybridized carbons (Fsp3) is 0.271. The normalized spacial score (nSPS) is 9.92. The molecule has 0 aliphatic heterocycles. The first-order chi connectivity index (χ1) is 24.5. The van der Waals surface area contributed by atoms with Gasteiger partial charge in [-0.3, -0.25) is 0 Å². The van der Waals surface area contributed by atoms with Crippen molar-refractivity contribution in [2.24, 2.45) is 0 Å². The molecule has 0 saturated heterocycles. The lowest BCUT2D eigenvalue weighted by atomic mass is 9.99. The summed E-state index contributed by atoms with van der Waals surface area (Å²) in [6.45, 7) is 20.6. The van der Waals surface area contributed by atoms with E-state index < -0.39 is 0 Å². The van der Waals surface area contributed by atoms with Gasteiger partial charge >= 0.3 is 0 Å². The van der Waals surface area contributed by atoms with E-state index in [1.165, 1.54) is 41.5 Å². The van der Waals surface area contributed by atoms with Crippen LogP contribution in [-0.2, 0) is 12.8 Å². The highest BCUT2D eigenvalue weighted by atomic mass is 15.0. The van der Waals surface area contributed by atoms with Crippen LogP contribution in [-0.4, -0.2) is 4.98 Å². The summed E-state index contributed by atoms with van der Waals surface area (Å²) >= 11 is 0. The lowest BCUT2D eigenvalue weighted by Crippen LogP contribution is -1.96. The van der Waals surface area contributed by atoms with E-state index in [1.54, 1.807) is 0 Å². The number of nitrogens with zero attached hydrogens (tertiary/aromatic N) is 1. The Morgan fingerprint density at radius 1 is 0.660 bits per heavy atom. The Morgan fingerprint density at radius 3 is 1.72 bits per heavy atom. The Kier molecular flexibility index (Phi) is 24.1. The zero-order valence-electron chi connectivity index (χ0n) is 32.1. The molecule has 0 unspecified atom stereocenters. The first kappa shape index (κ1) is 43.1. The molecular weight excluding hydrogens is 605 g/mol. The second kappa shape index (κ2) is 27.9. The van der Waals surface area contributed by atoms with Gasteiger partial charge in [-0.15, -0.1) is 0 Å². The Labute approximate surface area is 305 Å². The van der Waals surface area contributed by atoms with Crippen LogP contribution in [0.4, 0.5) is 11.5 Å². The first-order valence-electron chi connectivity index (χ1n) is 18.5. The largest absolute Gasteiger partial charge is 0.340 e. The molecule has 5 rings (SSSR count). The van der Waals surface area contributed by atoms with Gasteiger partial charge in [0.05, 0.1) is 0 Å². The standard InChI is InChI=1S/C32H30N2.C7H8.C5H12.2C2H6/c1-3-4-6-11-25(2)29-22-23-32(33-24-29)34-31-15-10-9-14-30(31)28-20-18-27(19-21-28)17-16-26-12-7-5-8-13-26;1-7-5-3-2-4-6-7;1-3-5-4-2;2*1-2/h3-15,18-24H,2,16-17H2,1H3,(H,33,34);2-6H,1H3;3-5H2,1-2H3;2*1-2H3/b4-3-,11-6-;;;;. The van der Waals surface area contributed by atoms with E-state index in [-0.39, 0.29) is 0 Å². The van der Waals surface area contributed by atoms with Crippen molar-refractivity contribution in [2.45, 2.75) is 87.5 Å². The van der Waals surface area contributed by atoms with Gasteiger partial charge in [0.25, 0.3) is 0 Å². The average molecular weight is 667 g/mol. The van der Waals surface area contributed by atoms with Gasteiger partial charge in [0.2, 0.25) is 0 Å². The number of hydrogen-bond donors (Lipinski definition) is 1. The molecule has 264 valence electrons. The molecule has 0 saturated carbocycles. The predicted octanol–water partition coefficient (Wildman–Crippen LogP) is 14.7. The molecule has 5 aromatic rings. The first-order valence-corrected chi connectivity index (χ1v) is 18.5. The van der Waals surface area contributed by atoms with E-state index >= 15 is 0 Å². The van der Waals surface area contributed by atoms with Crippen molar-refractivity contribution < 1.29 is 0 Å². The van der Waals surface area contributed by atoms with Crippen LogP contribution in [0.2, 0.25) is 0 Å². The van der Waals surface area contributed by atoms with Crippen molar-refractivity contribution >= 4 is 17.1 Å². The molecule has 0 fully saturated rings. The molecule has 0 aliphatic carbocycles. The summed E-state index contributed by atoms with van der Waals surface area (Å²) in [6, 6.07) is 42.2. The third-order valence-electron chi connectivity index (χ3n) is 7.38. The lowest BCUT2D eigenvalue weighted by molar-refractivity contribution is 0.772. The molecule has 1 heterocycles. The number of anilines is 2. The van der Waals surface area contributed by atoms with Crippen molar-refractivity contribution in [3.05, 3.63) is 181 Å². The minimum atomic E-state index is 0.806. The van der Waals surface area contributed by atoms with E-state index in [2.05, 4.69) is 123 Å². The van der Waals surface area contributed by atoms with Crippen LogP contribution < -0.4 is 5.32 Å². The Bertz CT molecular complexity index is 1600. The summed E-state index contributed by atoms with van der Waals surface area (Å²) in [5.41, 5.74) is 9.35. The fourth-order valence-corrected chi connectivity index (χ4v) is 4.69. The number of unbranched alkanes of at least 4 members (excludes halogenated alkanes) is 2. The Balaban J connectivity index is 0.000000651. The smallest absolute Gasteiger partial charge is 0.130 e. The number of benzene rings is 4. The van der Waals surface area contributed by atoms with Gasteiger partial charge in [-0.2, -0.15) is 0 Å². The van der Waals surface area contributed by atoms with Crippen LogP contribution in [0.5, 0.6) is 0 Å². The average Bonchev–Trinajstić information content (AvgIpc) is 3.18. The highest BCUT2D eigenvalue weighted by molar-refractivity contribution is 5.81. The van der Waals surface area contributed by atoms with Gasteiger partial charge in [0.1, 0.15) is 5.82 Å². The summed E-state index contributed by atoms with van der Waals surface area (Å²) in [5, 5.41) is 3.48. The van der Waals surface area contributed by atoms with Crippen molar-refractivity contribution in [1.82, 2.24) is 4.98 Å². The highest BCUT2D eigenvalue weighted by Crippen LogP contribution is 2.30. The van der Waals surface area contributed by atoms with Crippen LogP contribution in [0.25, 0.3) is 16.7 Å². The monoisotopic (exact) mass is 666 g/mol. The van der Waals surface area contributed by atoms with E-state index in [0.29, 0.717) is 0 Å². The fourth-order valence-electron chi connectivity index (χ4n) is 4.69. The molecule has 2 heteroatoms. The number of pyridine rings is 1. The maximum absolute atomic E-state index is 4.60. The summed E-state index contributed by atoms with van der Waals surface area (Å²) in [4.78, 5) is 4.60. The third-order valence-corrected chi connectivity index (χ3v) is 7.38. The predicted molar refractivity (Wildman–Crippen MR) is 225 cm³/mol. The Morgan fingerprint density at radius 2 is 1.22 bits per heavy atom. The minimum absolute atomic E-state index is 0.806. The number of aromatic nitrogens is 1. The van der Waals surface area contributed by atoms with E-state index in [1.807, 2.05) is 102 Å². The van der Waals surface area contributed by atoms with Gasteiger partial charge < -0.3 is 5.32 Å².